The molecule has 0 radical (unpaired) electrons. The van der Waals surface area contributed by atoms with Gasteiger partial charge in [0.15, 0.2) is 0 Å². The van der Waals surface area contributed by atoms with E-state index in [0.29, 0.717) is 12.7 Å². The summed E-state index contributed by atoms with van der Waals surface area (Å²) in [4.78, 5) is 33.6. The second-order valence-electron chi connectivity index (χ2n) is 2.46. The quantitative estimate of drug-likeness (QED) is 0.486. The first-order valence-electron chi connectivity index (χ1n) is 3.45. The molecule has 5 heteroatoms. The summed E-state index contributed by atoms with van der Waals surface area (Å²) in [6.07, 6.45) is 1.20. The van der Waals surface area contributed by atoms with Crippen molar-refractivity contribution in [2.24, 2.45) is 0 Å². The number of hydrogen-bond acceptors (Lipinski definition) is 3. The molecule has 0 aromatic rings. The van der Waals surface area contributed by atoms with E-state index in [0.717, 1.165) is 0 Å². The van der Waals surface area contributed by atoms with E-state index < -0.39 is 0 Å². The van der Waals surface area contributed by atoms with Gasteiger partial charge < -0.3 is 14.6 Å². The molecule has 0 aliphatic rings. The van der Waals surface area contributed by atoms with Gasteiger partial charge in [-0.2, -0.15) is 0 Å². The Morgan fingerprint density at radius 2 is 1.92 bits per heavy atom. The number of hydrogen-bond donors (Lipinski definition) is 0. The Balaban J connectivity index is 3.85. The molecule has 0 aromatic carbocycles. The SMILES string of the molecule is CN(C=O)CC(=O)N(C)CC=O. The molecule has 0 saturated carbocycles. The van der Waals surface area contributed by atoms with Gasteiger partial charge >= 0.3 is 0 Å². The first-order chi connectivity index (χ1) is 5.61. The fourth-order valence-electron chi connectivity index (χ4n) is 0.585. The third-order valence-electron chi connectivity index (χ3n) is 1.34. The molecule has 0 aliphatic heterocycles. The van der Waals surface area contributed by atoms with E-state index in [1.54, 1.807) is 0 Å². The van der Waals surface area contributed by atoms with E-state index in [-0.39, 0.29) is 19.0 Å². The molecule has 0 N–H and O–H groups in total. The van der Waals surface area contributed by atoms with Crippen LogP contribution in [-0.4, -0.2) is 55.6 Å². The van der Waals surface area contributed by atoms with Crippen molar-refractivity contribution in [1.82, 2.24) is 9.80 Å². The number of amides is 2. The van der Waals surface area contributed by atoms with Crippen LogP contribution in [0.1, 0.15) is 0 Å². The molecule has 12 heavy (non-hydrogen) atoms. The number of rotatable bonds is 5. The van der Waals surface area contributed by atoms with Crippen LogP contribution in [-0.2, 0) is 14.4 Å². The van der Waals surface area contributed by atoms with Crippen molar-refractivity contribution < 1.29 is 14.4 Å². The Morgan fingerprint density at radius 3 is 2.33 bits per heavy atom. The lowest BCUT2D eigenvalue weighted by Gasteiger charge is -2.16. The maximum atomic E-state index is 11.1. The van der Waals surface area contributed by atoms with Crippen LogP contribution in [0.3, 0.4) is 0 Å². The molecule has 0 saturated heterocycles. The standard InChI is InChI=1S/C7H12N2O3/c1-8(6-11)5-7(12)9(2)3-4-10/h4,6H,3,5H2,1-2H3. The van der Waals surface area contributed by atoms with Crippen LogP contribution in [0.25, 0.3) is 0 Å². The lowest BCUT2D eigenvalue weighted by atomic mass is 10.5. The molecule has 0 aromatic heterocycles. The number of aldehydes is 1. The average Bonchev–Trinajstić information content (AvgIpc) is 2.04. The summed E-state index contributed by atoms with van der Waals surface area (Å²) in [7, 11) is 3.01. The Morgan fingerprint density at radius 1 is 1.33 bits per heavy atom. The van der Waals surface area contributed by atoms with Crippen LogP contribution in [0, 0.1) is 0 Å². The van der Waals surface area contributed by atoms with Crippen LogP contribution in [0.2, 0.25) is 0 Å². The largest absolute Gasteiger partial charge is 0.339 e. The van der Waals surface area contributed by atoms with E-state index in [2.05, 4.69) is 0 Å². The minimum absolute atomic E-state index is 0.00778. The molecule has 0 spiro atoms. The van der Waals surface area contributed by atoms with Gasteiger partial charge in [0.1, 0.15) is 6.29 Å². The average molecular weight is 172 g/mol. The third kappa shape index (κ3) is 3.70. The molecule has 0 unspecified atom stereocenters. The summed E-state index contributed by atoms with van der Waals surface area (Å²) in [6, 6.07) is 0. The summed E-state index contributed by atoms with van der Waals surface area (Å²) >= 11 is 0. The Hall–Kier alpha value is -1.39. The lowest BCUT2D eigenvalue weighted by Crippen LogP contribution is -2.36. The highest BCUT2D eigenvalue weighted by Crippen LogP contribution is 1.84. The molecule has 0 fully saturated rings. The van der Waals surface area contributed by atoms with E-state index in [4.69, 9.17) is 0 Å². The van der Waals surface area contributed by atoms with Gasteiger partial charge in [0.2, 0.25) is 12.3 Å². The molecule has 0 atom stereocenters. The van der Waals surface area contributed by atoms with Gasteiger partial charge in [0.25, 0.3) is 0 Å². The molecule has 2 amide bonds. The van der Waals surface area contributed by atoms with Crippen molar-refractivity contribution in [2.45, 2.75) is 0 Å². The Bertz CT molecular complexity index is 181. The number of likely N-dealkylation sites (N-methyl/N-ethyl adjacent to an activating group) is 2. The first kappa shape index (κ1) is 10.6. The fourth-order valence-corrected chi connectivity index (χ4v) is 0.585. The number of carbonyl (C=O) groups excluding carboxylic acids is 3. The van der Waals surface area contributed by atoms with Gasteiger partial charge in [0.05, 0.1) is 13.1 Å². The third-order valence-corrected chi connectivity index (χ3v) is 1.34. The zero-order valence-corrected chi connectivity index (χ0v) is 7.19. The normalized spacial score (nSPS) is 8.83. The van der Waals surface area contributed by atoms with Crippen molar-refractivity contribution in [2.75, 3.05) is 27.2 Å². The van der Waals surface area contributed by atoms with Crippen molar-refractivity contribution in [3.8, 4) is 0 Å². The van der Waals surface area contributed by atoms with Gasteiger partial charge in [-0.1, -0.05) is 0 Å². The maximum absolute atomic E-state index is 11.1. The van der Waals surface area contributed by atoms with Crippen LogP contribution >= 0.6 is 0 Å². The molecule has 5 nitrogen and oxygen atoms in total. The van der Waals surface area contributed by atoms with E-state index in [1.165, 1.54) is 23.9 Å². The fraction of sp³-hybridized carbons (Fsp3) is 0.571. The zero-order valence-electron chi connectivity index (χ0n) is 7.19. The van der Waals surface area contributed by atoms with Gasteiger partial charge in [-0.15, -0.1) is 0 Å². The van der Waals surface area contributed by atoms with Crippen molar-refractivity contribution in [1.29, 1.82) is 0 Å². The zero-order chi connectivity index (χ0) is 9.56. The van der Waals surface area contributed by atoms with Crippen molar-refractivity contribution in [3.05, 3.63) is 0 Å². The highest BCUT2D eigenvalue weighted by molar-refractivity contribution is 5.81. The molecule has 68 valence electrons. The number of nitrogens with zero attached hydrogens (tertiary/aromatic N) is 2. The van der Waals surface area contributed by atoms with Gasteiger partial charge in [-0.25, -0.2) is 0 Å². The number of carbonyl (C=O) groups is 3. The molecule has 0 bridgehead atoms. The van der Waals surface area contributed by atoms with E-state index >= 15 is 0 Å². The summed E-state index contributed by atoms with van der Waals surface area (Å²) in [5, 5.41) is 0. The highest BCUT2D eigenvalue weighted by atomic mass is 16.2. The van der Waals surface area contributed by atoms with Crippen LogP contribution in [0.5, 0.6) is 0 Å². The second-order valence-corrected chi connectivity index (χ2v) is 2.46. The molecule has 0 heterocycles. The van der Waals surface area contributed by atoms with Gasteiger partial charge in [0, 0.05) is 14.1 Å². The monoisotopic (exact) mass is 172 g/mol. The summed E-state index contributed by atoms with van der Waals surface area (Å²) in [5.41, 5.74) is 0. The summed E-state index contributed by atoms with van der Waals surface area (Å²) in [5.74, 6) is -0.253. The maximum Gasteiger partial charge on any atom is 0.242 e. The topological polar surface area (TPSA) is 57.7 Å². The minimum atomic E-state index is -0.253. The molecular formula is C7H12N2O3. The highest BCUT2D eigenvalue weighted by Gasteiger charge is 2.09. The van der Waals surface area contributed by atoms with E-state index in [9.17, 15) is 14.4 Å². The van der Waals surface area contributed by atoms with Crippen LogP contribution in [0.4, 0.5) is 0 Å². The molecular weight excluding hydrogens is 160 g/mol. The van der Waals surface area contributed by atoms with Crippen molar-refractivity contribution in [3.63, 3.8) is 0 Å². The summed E-state index contributed by atoms with van der Waals surface area (Å²) < 4.78 is 0. The molecule has 0 aliphatic carbocycles. The van der Waals surface area contributed by atoms with Gasteiger partial charge in [-0.05, 0) is 0 Å². The Labute approximate surface area is 70.9 Å². The lowest BCUT2D eigenvalue weighted by molar-refractivity contribution is -0.135. The summed E-state index contributed by atoms with van der Waals surface area (Å²) in [6.45, 7) is 0.0688. The van der Waals surface area contributed by atoms with Crippen LogP contribution in [0.15, 0.2) is 0 Å². The first-order valence-corrected chi connectivity index (χ1v) is 3.45. The predicted octanol–water partition coefficient (Wildman–Crippen LogP) is -1.27. The van der Waals surface area contributed by atoms with Gasteiger partial charge in [-0.3, -0.25) is 9.59 Å². The van der Waals surface area contributed by atoms with Crippen LogP contribution < -0.4 is 0 Å². The predicted molar refractivity (Wildman–Crippen MR) is 42.4 cm³/mol. The molecule has 0 rings (SSSR count). The minimum Gasteiger partial charge on any atom is -0.339 e. The second kappa shape index (κ2) is 5.29. The van der Waals surface area contributed by atoms with E-state index in [1.807, 2.05) is 0 Å². The smallest absolute Gasteiger partial charge is 0.242 e. The van der Waals surface area contributed by atoms with Crippen molar-refractivity contribution >= 4 is 18.6 Å². The Kier molecular flexibility index (Phi) is 4.67.